The highest BCUT2D eigenvalue weighted by molar-refractivity contribution is 5.51. The first kappa shape index (κ1) is 6.89. The zero-order valence-corrected chi connectivity index (χ0v) is 7.20. The first-order chi connectivity index (χ1) is 5.89. The Balaban J connectivity index is 1.87. The van der Waals surface area contributed by atoms with Crippen LogP contribution in [0.5, 0.6) is 0 Å². The summed E-state index contributed by atoms with van der Waals surface area (Å²) in [6.07, 6.45) is 4.33. The van der Waals surface area contributed by atoms with Gasteiger partial charge >= 0.3 is 0 Å². The van der Waals surface area contributed by atoms with Gasteiger partial charge in [0.15, 0.2) is 6.40 Å². The van der Waals surface area contributed by atoms with Gasteiger partial charge in [0, 0.05) is 19.0 Å². The van der Waals surface area contributed by atoms with E-state index in [1.165, 1.54) is 25.9 Å². The molecule has 3 rings (SSSR count). The highest BCUT2D eigenvalue weighted by Gasteiger charge is 2.51. The largest absolute Gasteiger partial charge is 0.474 e. The monoisotopic (exact) mass is 166 g/mol. The molecule has 0 amide bonds. The molecule has 2 bridgehead atoms. The summed E-state index contributed by atoms with van der Waals surface area (Å²) in [6, 6.07) is 0. The van der Waals surface area contributed by atoms with Crippen molar-refractivity contribution in [3.63, 3.8) is 0 Å². The van der Waals surface area contributed by atoms with Crippen molar-refractivity contribution >= 4 is 6.40 Å². The SMILES string of the molecule is C1=NCC2(CN3CCCC2C3)O1. The molecule has 1 spiro atoms. The molecule has 0 aliphatic carbocycles. The van der Waals surface area contributed by atoms with Crippen LogP contribution in [0.15, 0.2) is 4.99 Å². The number of hydrogen-bond donors (Lipinski definition) is 0. The number of nitrogens with zero attached hydrogens (tertiary/aromatic N) is 2. The predicted molar refractivity (Wildman–Crippen MR) is 46.3 cm³/mol. The minimum absolute atomic E-state index is 0.0938. The van der Waals surface area contributed by atoms with Crippen LogP contribution in [0.4, 0.5) is 0 Å². The van der Waals surface area contributed by atoms with Gasteiger partial charge < -0.3 is 4.74 Å². The second-order valence-electron chi connectivity index (χ2n) is 4.20. The minimum Gasteiger partial charge on any atom is -0.474 e. The lowest BCUT2D eigenvalue weighted by Gasteiger charge is -2.27. The second kappa shape index (κ2) is 2.22. The molecule has 12 heavy (non-hydrogen) atoms. The highest BCUT2D eigenvalue weighted by atomic mass is 16.5. The molecule has 3 aliphatic rings. The van der Waals surface area contributed by atoms with Crippen molar-refractivity contribution in [2.24, 2.45) is 10.9 Å². The smallest absolute Gasteiger partial charge is 0.170 e. The lowest BCUT2D eigenvalue weighted by Crippen LogP contribution is -2.40. The zero-order chi connectivity index (χ0) is 8.02. The fraction of sp³-hybridized carbons (Fsp3) is 0.889. The van der Waals surface area contributed by atoms with Crippen LogP contribution in [0.3, 0.4) is 0 Å². The van der Waals surface area contributed by atoms with E-state index in [2.05, 4.69) is 9.89 Å². The number of piperidine rings is 1. The maximum Gasteiger partial charge on any atom is 0.170 e. The number of ether oxygens (including phenoxy) is 1. The third-order valence-electron chi connectivity index (χ3n) is 3.46. The zero-order valence-electron chi connectivity index (χ0n) is 7.20. The molecular weight excluding hydrogens is 152 g/mol. The normalized spacial score (nSPS) is 50.0. The molecule has 0 saturated carbocycles. The first-order valence-electron chi connectivity index (χ1n) is 4.78. The number of rotatable bonds is 0. The molecular formula is C9H14N2O. The van der Waals surface area contributed by atoms with Crippen molar-refractivity contribution in [3.8, 4) is 0 Å². The van der Waals surface area contributed by atoms with Gasteiger partial charge in [-0.15, -0.1) is 0 Å². The van der Waals surface area contributed by atoms with Crippen LogP contribution in [-0.2, 0) is 4.74 Å². The average molecular weight is 166 g/mol. The molecule has 0 aromatic heterocycles. The quantitative estimate of drug-likeness (QED) is 0.524. The van der Waals surface area contributed by atoms with E-state index in [0.717, 1.165) is 19.0 Å². The Hall–Kier alpha value is -0.570. The van der Waals surface area contributed by atoms with Crippen LogP contribution < -0.4 is 0 Å². The van der Waals surface area contributed by atoms with E-state index >= 15 is 0 Å². The Morgan fingerprint density at radius 3 is 3.33 bits per heavy atom. The third-order valence-corrected chi connectivity index (χ3v) is 3.46. The molecule has 3 nitrogen and oxygen atoms in total. The van der Waals surface area contributed by atoms with Crippen molar-refractivity contribution in [3.05, 3.63) is 0 Å². The molecule has 66 valence electrons. The maximum atomic E-state index is 5.68. The summed E-state index contributed by atoms with van der Waals surface area (Å²) in [5.41, 5.74) is 0.0938. The third kappa shape index (κ3) is 0.774. The van der Waals surface area contributed by atoms with Crippen LogP contribution >= 0.6 is 0 Å². The van der Waals surface area contributed by atoms with Gasteiger partial charge in [0.05, 0.1) is 6.54 Å². The summed E-state index contributed by atoms with van der Waals surface area (Å²) in [5.74, 6) is 0.744. The molecule has 3 aliphatic heterocycles. The van der Waals surface area contributed by atoms with Crippen molar-refractivity contribution in [2.75, 3.05) is 26.2 Å². The molecule has 0 N–H and O–H groups in total. The van der Waals surface area contributed by atoms with E-state index in [1.54, 1.807) is 6.40 Å². The van der Waals surface area contributed by atoms with Crippen molar-refractivity contribution in [1.29, 1.82) is 0 Å². The summed E-state index contributed by atoms with van der Waals surface area (Å²) in [7, 11) is 0. The molecule has 0 radical (unpaired) electrons. The van der Waals surface area contributed by atoms with E-state index in [4.69, 9.17) is 4.74 Å². The first-order valence-corrected chi connectivity index (χ1v) is 4.78. The summed E-state index contributed by atoms with van der Waals surface area (Å²) in [6.45, 7) is 4.51. The molecule has 2 saturated heterocycles. The molecule has 0 aromatic carbocycles. The fourth-order valence-corrected chi connectivity index (χ4v) is 2.82. The van der Waals surface area contributed by atoms with Gasteiger partial charge in [-0.25, -0.2) is 0 Å². The molecule has 3 atom stereocenters. The molecule has 3 heterocycles. The van der Waals surface area contributed by atoms with E-state index in [0.29, 0.717) is 0 Å². The van der Waals surface area contributed by atoms with E-state index in [9.17, 15) is 0 Å². The van der Waals surface area contributed by atoms with Gasteiger partial charge in [0.25, 0.3) is 0 Å². The predicted octanol–water partition coefficient (Wildman–Crippen LogP) is 0.509. The minimum atomic E-state index is 0.0938. The van der Waals surface area contributed by atoms with Crippen LogP contribution in [0.1, 0.15) is 12.8 Å². The summed E-state index contributed by atoms with van der Waals surface area (Å²) >= 11 is 0. The number of hydrogen-bond acceptors (Lipinski definition) is 3. The Morgan fingerprint density at radius 1 is 1.58 bits per heavy atom. The summed E-state index contributed by atoms with van der Waals surface area (Å²) < 4.78 is 5.68. The number of fused-ring (bicyclic) bond motifs is 3. The molecule has 3 heteroatoms. The van der Waals surface area contributed by atoms with Crippen molar-refractivity contribution in [1.82, 2.24) is 4.90 Å². The Bertz CT molecular complexity index is 219. The van der Waals surface area contributed by atoms with Crippen LogP contribution in [0.25, 0.3) is 0 Å². The van der Waals surface area contributed by atoms with E-state index in [1.807, 2.05) is 0 Å². The van der Waals surface area contributed by atoms with Crippen molar-refractivity contribution in [2.45, 2.75) is 18.4 Å². The lowest BCUT2D eigenvalue weighted by molar-refractivity contribution is 0.0650. The van der Waals surface area contributed by atoms with Gasteiger partial charge in [-0.1, -0.05) is 0 Å². The molecule has 3 unspecified atom stereocenters. The topological polar surface area (TPSA) is 24.8 Å². The molecule has 2 fully saturated rings. The maximum absolute atomic E-state index is 5.68. The van der Waals surface area contributed by atoms with Crippen LogP contribution in [0, 0.1) is 5.92 Å². The average Bonchev–Trinajstić information content (AvgIpc) is 2.62. The summed E-state index contributed by atoms with van der Waals surface area (Å²) in [4.78, 5) is 6.72. The van der Waals surface area contributed by atoms with Crippen LogP contribution in [-0.4, -0.2) is 43.1 Å². The summed E-state index contributed by atoms with van der Waals surface area (Å²) in [5, 5.41) is 0. The van der Waals surface area contributed by atoms with Gasteiger partial charge in [0.2, 0.25) is 0 Å². The van der Waals surface area contributed by atoms with E-state index < -0.39 is 0 Å². The Labute approximate surface area is 72.4 Å². The number of aliphatic imine (C=N–C) groups is 1. The Kier molecular flexibility index (Phi) is 1.28. The van der Waals surface area contributed by atoms with Crippen LogP contribution in [0.2, 0.25) is 0 Å². The molecule has 0 aromatic rings. The Morgan fingerprint density at radius 2 is 2.58 bits per heavy atom. The van der Waals surface area contributed by atoms with Gasteiger partial charge in [0.1, 0.15) is 5.60 Å². The lowest BCUT2D eigenvalue weighted by atomic mass is 9.87. The van der Waals surface area contributed by atoms with Gasteiger partial charge in [-0.05, 0) is 19.4 Å². The standard InChI is InChI=1S/C9H14N2O/c1-2-8-4-11(3-1)6-9(8)5-10-7-12-9/h7-8H,1-6H2. The van der Waals surface area contributed by atoms with E-state index in [-0.39, 0.29) is 5.60 Å². The van der Waals surface area contributed by atoms with Crippen molar-refractivity contribution < 1.29 is 4.74 Å². The van der Waals surface area contributed by atoms with Gasteiger partial charge in [-0.3, -0.25) is 9.89 Å². The second-order valence-corrected chi connectivity index (χ2v) is 4.20. The van der Waals surface area contributed by atoms with Gasteiger partial charge in [-0.2, -0.15) is 0 Å². The fourth-order valence-electron chi connectivity index (χ4n) is 2.82. The highest BCUT2D eigenvalue weighted by Crippen LogP contribution is 2.39.